The highest BCUT2D eigenvalue weighted by atomic mass is 32.2. The average molecular weight is 335 g/mol. The third-order valence-corrected chi connectivity index (χ3v) is 7.82. The Bertz CT molecular complexity index is 1030. The molecule has 0 fully saturated rings. The van der Waals surface area contributed by atoms with Crippen LogP contribution < -0.4 is 0 Å². The summed E-state index contributed by atoms with van der Waals surface area (Å²) in [5, 5.41) is 3.36. The molecule has 114 valence electrons. The van der Waals surface area contributed by atoms with Crippen molar-refractivity contribution in [1.29, 1.82) is 0 Å². The molecule has 0 amide bonds. The van der Waals surface area contributed by atoms with Crippen molar-refractivity contribution in [3.8, 4) is 0 Å². The number of allylic oxidation sites excluding steroid dienone is 3. The third kappa shape index (κ3) is 1.85. The van der Waals surface area contributed by atoms with Crippen LogP contribution in [0.5, 0.6) is 0 Å². The fourth-order valence-electron chi connectivity index (χ4n) is 4.00. The van der Waals surface area contributed by atoms with Crippen LogP contribution in [0.25, 0.3) is 20.2 Å². The molecule has 0 radical (unpaired) electrons. The lowest BCUT2D eigenvalue weighted by atomic mass is 9.75. The van der Waals surface area contributed by atoms with Crippen molar-refractivity contribution in [3.05, 3.63) is 65.3 Å². The molecule has 2 aromatic carbocycles. The Kier molecular flexibility index (Phi) is 2.73. The van der Waals surface area contributed by atoms with Crippen LogP contribution in [-0.4, -0.2) is 5.25 Å². The van der Waals surface area contributed by atoms with E-state index in [9.17, 15) is 0 Å². The van der Waals surface area contributed by atoms with E-state index in [0.717, 1.165) is 0 Å². The van der Waals surface area contributed by atoms with E-state index >= 15 is 0 Å². The van der Waals surface area contributed by atoms with Gasteiger partial charge >= 0.3 is 0 Å². The number of hydrogen-bond donors (Lipinski definition) is 0. The molecule has 1 aliphatic heterocycles. The first-order valence-electron chi connectivity index (χ1n) is 8.06. The Morgan fingerprint density at radius 2 is 1.83 bits per heavy atom. The monoisotopic (exact) mass is 334 g/mol. The van der Waals surface area contributed by atoms with Crippen molar-refractivity contribution in [1.82, 2.24) is 0 Å². The Hall–Kier alpha value is -1.51. The van der Waals surface area contributed by atoms with Crippen molar-refractivity contribution in [2.24, 2.45) is 0 Å². The average Bonchev–Trinajstić information content (AvgIpc) is 2.98. The van der Waals surface area contributed by atoms with Crippen LogP contribution >= 0.6 is 23.1 Å². The normalized spacial score (nSPS) is 25.7. The summed E-state index contributed by atoms with van der Waals surface area (Å²) < 4.78 is 2.83. The van der Waals surface area contributed by atoms with Gasteiger partial charge in [-0.3, -0.25) is 0 Å². The van der Waals surface area contributed by atoms with Crippen molar-refractivity contribution >= 4 is 43.3 Å². The maximum Gasteiger partial charge on any atom is 0.0407 e. The Balaban J connectivity index is 1.82. The van der Waals surface area contributed by atoms with Gasteiger partial charge in [-0.05, 0) is 43.2 Å². The zero-order valence-corrected chi connectivity index (χ0v) is 15.1. The minimum atomic E-state index is 0.131. The maximum absolute atomic E-state index is 2.47. The molecule has 2 heterocycles. The van der Waals surface area contributed by atoms with Crippen molar-refractivity contribution in [2.45, 2.75) is 36.3 Å². The fraction of sp³-hybridized carbons (Fsp3) is 0.238. The lowest BCUT2D eigenvalue weighted by molar-refractivity contribution is 0.616. The topological polar surface area (TPSA) is 0 Å². The number of thioether (sulfide) groups is 1. The molecule has 1 aliphatic carbocycles. The number of hydrogen-bond acceptors (Lipinski definition) is 2. The number of thiophene rings is 1. The quantitative estimate of drug-likeness (QED) is 0.445. The molecule has 2 heteroatoms. The molecule has 0 bridgehead atoms. The summed E-state index contributed by atoms with van der Waals surface area (Å²) >= 11 is 3.95. The van der Waals surface area contributed by atoms with Gasteiger partial charge in [0.05, 0.1) is 0 Å². The lowest BCUT2D eigenvalue weighted by Gasteiger charge is -2.30. The molecular formula is C21H18S2. The van der Waals surface area contributed by atoms with Gasteiger partial charge in [-0.25, -0.2) is 0 Å². The zero-order chi connectivity index (χ0) is 15.8. The predicted molar refractivity (Wildman–Crippen MR) is 104 cm³/mol. The number of aryl methyl sites for hydroxylation is 1. The van der Waals surface area contributed by atoms with Gasteiger partial charge in [0.15, 0.2) is 0 Å². The fourth-order valence-corrected chi connectivity index (χ4v) is 6.76. The summed E-state index contributed by atoms with van der Waals surface area (Å²) in [5.74, 6) is 0. The second-order valence-corrected chi connectivity index (χ2v) is 9.28. The van der Waals surface area contributed by atoms with Gasteiger partial charge in [0.1, 0.15) is 0 Å². The molecule has 0 saturated carbocycles. The van der Waals surface area contributed by atoms with Gasteiger partial charge in [-0.15, -0.1) is 23.1 Å². The first-order valence-corrected chi connectivity index (χ1v) is 9.76. The van der Waals surface area contributed by atoms with E-state index < -0.39 is 0 Å². The summed E-state index contributed by atoms with van der Waals surface area (Å²) in [7, 11) is 0. The highest BCUT2D eigenvalue weighted by Gasteiger charge is 2.42. The van der Waals surface area contributed by atoms with Gasteiger partial charge in [0.2, 0.25) is 0 Å². The molecule has 0 saturated heterocycles. The van der Waals surface area contributed by atoms with Crippen molar-refractivity contribution in [3.63, 3.8) is 0 Å². The molecule has 2 aliphatic rings. The molecule has 0 nitrogen and oxygen atoms in total. The molecule has 23 heavy (non-hydrogen) atoms. The zero-order valence-electron chi connectivity index (χ0n) is 13.5. The van der Waals surface area contributed by atoms with E-state index in [1.807, 2.05) is 23.1 Å². The molecule has 0 N–H and O–H groups in total. The van der Waals surface area contributed by atoms with Crippen LogP contribution in [0.3, 0.4) is 0 Å². The minimum Gasteiger partial charge on any atom is -0.135 e. The first kappa shape index (κ1) is 13.9. The van der Waals surface area contributed by atoms with E-state index in [-0.39, 0.29) is 5.41 Å². The van der Waals surface area contributed by atoms with E-state index in [0.29, 0.717) is 5.25 Å². The Labute approximate surface area is 144 Å². The van der Waals surface area contributed by atoms with Gasteiger partial charge < -0.3 is 0 Å². The van der Waals surface area contributed by atoms with E-state index in [2.05, 4.69) is 69.3 Å². The molecule has 5 rings (SSSR count). The predicted octanol–water partition coefficient (Wildman–Crippen LogP) is 6.61. The van der Waals surface area contributed by atoms with Gasteiger partial charge in [0.25, 0.3) is 0 Å². The number of benzene rings is 2. The Morgan fingerprint density at radius 1 is 1.00 bits per heavy atom. The van der Waals surface area contributed by atoms with E-state index in [1.54, 1.807) is 0 Å². The molecular weight excluding hydrogens is 316 g/mol. The molecule has 0 spiro atoms. The van der Waals surface area contributed by atoms with Crippen LogP contribution in [0, 0.1) is 6.92 Å². The SMILES string of the molecule is CC1=CC2(C)c3cc4c(cc3SC2C=C1)sc1cc(C)ccc14. The molecule has 2 unspecified atom stereocenters. The van der Waals surface area contributed by atoms with Crippen LogP contribution in [0.2, 0.25) is 0 Å². The summed E-state index contributed by atoms with van der Waals surface area (Å²) in [6.45, 7) is 6.78. The second-order valence-electron chi connectivity index (χ2n) is 7.01. The highest BCUT2D eigenvalue weighted by molar-refractivity contribution is 8.00. The Morgan fingerprint density at radius 3 is 2.70 bits per heavy atom. The molecule has 1 aromatic heterocycles. The summed E-state index contributed by atoms with van der Waals surface area (Å²) in [4.78, 5) is 1.46. The largest absolute Gasteiger partial charge is 0.135 e. The molecule has 3 aromatic rings. The maximum atomic E-state index is 2.47. The molecule has 2 atom stereocenters. The summed E-state index contributed by atoms with van der Waals surface area (Å²) in [6, 6.07) is 11.7. The van der Waals surface area contributed by atoms with E-state index in [4.69, 9.17) is 0 Å². The second kappa shape index (κ2) is 4.52. The van der Waals surface area contributed by atoms with Gasteiger partial charge in [0, 0.05) is 35.7 Å². The van der Waals surface area contributed by atoms with Crippen LogP contribution in [-0.2, 0) is 5.41 Å². The van der Waals surface area contributed by atoms with Gasteiger partial charge in [-0.2, -0.15) is 0 Å². The van der Waals surface area contributed by atoms with Gasteiger partial charge in [-0.1, -0.05) is 42.9 Å². The van der Waals surface area contributed by atoms with Crippen LogP contribution in [0.1, 0.15) is 25.0 Å². The van der Waals surface area contributed by atoms with Crippen LogP contribution in [0.4, 0.5) is 0 Å². The highest BCUT2D eigenvalue weighted by Crippen LogP contribution is 2.54. The summed E-state index contributed by atoms with van der Waals surface area (Å²) in [5.41, 5.74) is 4.35. The van der Waals surface area contributed by atoms with Crippen LogP contribution in [0.15, 0.2) is 59.0 Å². The third-order valence-electron chi connectivity index (χ3n) is 5.22. The lowest BCUT2D eigenvalue weighted by Crippen LogP contribution is -2.29. The van der Waals surface area contributed by atoms with Crippen molar-refractivity contribution < 1.29 is 0 Å². The minimum absolute atomic E-state index is 0.131. The van der Waals surface area contributed by atoms with Crippen molar-refractivity contribution in [2.75, 3.05) is 0 Å². The first-order chi connectivity index (χ1) is 11.0. The summed E-state index contributed by atoms with van der Waals surface area (Å²) in [6.07, 6.45) is 7.11. The smallest absolute Gasteiger partial charge is 0.0407 e. The van der Waals surface area contributed by atoms with E-state index in [1.165, 1.54) is 41.8 Å². The number of rotatable bonds is 0. The number of fused-ring (bicyclic) bond motifs is 6. The standard InChI is InChI=1S/C21H18S2/c1-12-4-6-14-15-9-16-19(10-18(15)22-17(14)8-12)23-20-7-5-13(2)11-21(16,20)3/h4-11,20H,1-3H3.